The van der Waals surface area contributed by atoms with Gasteiger partial charge in [-0.05, 0) is 36.6 Å². The van der Waals surface area contributed by atoms with Crippen LogP contribution in [0.25, 0.3) is 21.3 Å². The molecule has 2 heterocycles. The third kappa shape index (κ3) is 2.88. The monoisotopic (exact) mass is 325 g/mol. The van der Waals surface area contributed by atoms with Gasteiger partial charge in [0.05, 0.1) is 21.5 Å². The van der Waals surface area contributed by atoms with Crippen molar-refractivity contribution in [3.05, 3.63) is 41.7 Å². The van der Waals surface area contributed by atoms with Crippen LogP contribution in [0, 0.1) is 0 Å². The summed E-state index contributed by atoms with van der Waals surface area (Å²) in [6.07, 6.45) is 9.63. The summed E-state index contributed by atoms with van der Waals surface area (Å²) < 4.78 is 0. The lowest BCUT2D eigenvalue weighted by atomic mass is 9.95. The average Bonchev–Trinajstić information content (AvgIpc) is 3.26. The Morgan fingerprint density at radius 1 is 1.26 bits per heavy atom. The van der Waals surface area contributed by atoms with Crippen LogP contribution in [0.4, 0.5) is 0 Å². The Balaban J connectivity index is 1.69. The molecule has 4 rings (SSSR count). The van der Waals surface area contributed by atoms with Crippen LogP contribution in [-0.4, -0.2) is 21.9 Å². The van der Waals surface area contributed by atoms with E-state index in [1.807, 2.05) is 30.0 Å². The summed E-state index contributed by atoms with van der Waals surface area (Å²) in [4.78, 5) is 21.2. The molecule has 1 aliphatic rings. The number of benzene rings is 1. The van der Waals surface area contributed by atoms with E-state index in [1.54, 1.807) is 11.3 Å². The molecule has 1 aliphatic carbocycles. The van der Waals surface area contributed by atoms with Crippen molar-refractivity contribution in [3.8, 4) is 10.4 Å². The largest absolute Gasteiger partial charge is 0.361 e. The SMILES string of the molecule is O=C(NC1CCCCC1)c1cc(-c2cncs2)cc2cc[nH]c12. The van der Waals surface area contributed by atoms with Crippen molar-refractivity contribution < 1.29 is 4.79 Å². The average molecular weight is 325 g/mol. The van der Waals surface area contributed by atoms with E-state index in [2.05, 4.69) is 21.4 Å². The molecule has 0 bridgehead atoms. The third-order valence-electron chi connectivity index (χ3n) is 4.56. The maximum absolute atomic E-state index is 12.8. The van der Waals surface area contributed by atoms with Crippen LogP contribution in [0.1, 0.15) is 42.5 Å². The first kappa shape index (κ1) is 14.5. The number of nitrogens with one attached hydrogen (secondary N) is 2. The topological polar surface area (TPSA) is 57.8 Å². The zero-order valence-corrected chi connectivity index (χ0v) is 13.7. The summed E-state index contributed by atoms with van der Waals surface area (Å²) in [5.41, 5.74) is 4.50. The minimum Gasteiger partial charge on any atom is -0.361 e. The first-order chi connectivity index (χ1) is 11.3. The standard InChI is InChI=1S/C18H19N3OS/c22-18(21-14-4-2-1-3-5-14)15-9-13(16-10-19-11-23-16)8-12-6-7-20-17(12)15/h6-11,14,20H,1-5H2,(H,21,22). The second-order valence-corrected chi connectivity index (χ2v) is 7.03. The highest BCUT2D eigenvalue weighted by molar-refractivity contribution is 7.13. The van der Waals surface area contributed by atoms with Crippen molar-refractivity contribution in [1.29, 1.82) is 0 Å². The molecular formula is C18H19N3OS. The van der Waals surface area contributed by atoms with Crippen molar-refractivity contribution in [2.45, 2.75) is 38.1 Å². The predicted molar refractivity (Wildman–Crippen MR) is 93.7 cm³/mol. The molecule has 0 atom stereocenters. The van der Waals surface area contributed by atoms with Gasteiger partial charge in [-0.25, -0.2) is 0 Å². The van der Waals surface area contributed by atoms with Crippen LogP contribution in [0.5, 0.6) is 0 Å². The number of aromatic nitrogens is 2. The summed E-state index contributed by atoms with van der Waals surface area (Å²) in [5.74, 6) is 0.0238. The number of carbonyl (C=O) groups is 1. The predicted octanol–water partition coefficient (Wildman–Crippen LogP) is 4.35. The molecule has 1 fully saturated rings. The number of hydrogen-bond acceptors (Lipinski definition) is 3. The molecule has 1 amide bonds. The van der Waals surface area contributed by atoms with E-state index in [-0.39, 0.29) is 5.91 Å². The molecule has 23 heavy (non-hydrogen) atoms. The van der Waals surface area contributed by atoms with E-state index in [1.165, 1.54) is 19.3 Å². The molecule has 3 aromatic rings. The molecule has 5 heteroatoms. The van der Waals surface area contributed by atoms with Crippen molar-refractivity contribution in [3.63, 3.8) is 0 Å². The zero-order chi connectivity index (χ0) is 15.6. The van der Waals surface area contributed by atoms with E-state index < -0.39 is 0 Å². The van der Waals surface area contributed by atoms with Crippen molar-refractivity contribution in [1.82, 2.24) is 15.3 Å². The van der Waals surface area contributed by atoms with Gasteiger partial charge in [0.25, 0.3) is 5.91 Å². The number of aromatic amines is 1. The van der Waals surface area contributed by atoms with Gasteiger partial charge in [0.15, 0.2) is 0 Å². The van der Waals surface area contributed by atoms with E-state index in [9.17, 15) is 4.79 Å². The Morgan fingerprint density at radius 3 is 2.91 bits per heavy atom. The van der Waals surface area contributed by atoms with Crippen LogP contribution in [0.2, 0.25) is 0 Å². The quantitative estimate of drug-likeness (QED) is 0.752. The maximum atomic E-state index is 12.8. The first-order valence-electron chi connectivity index (χ1n) is 8.12. The number of rotatable bonds is 3. The number of fused-ring (bicyclic) bond motifs is 1. The number of amides is 1. The van der Waals surface area contributed by atoms with Gasteiger partial charge in [0.1, 0.15) is 0 Å². The normalized spacial score (nSPS) is 15.8. The van der Waals surface area contributed by atoms with Crippen LogP contribution in [0.3, 0.4) is 0 Å². The van der Waals surface area contributed by atoms with Gasteiger partial charge < -0.3 is 10.3 Å². The van der Waals surface area contributed by atoms with Crippen molar-refractivity contribution in [2.75, 3.05) is 0 Å². The molecule has 0 aliphatic heterocycles. The molecule has 2 aromatic heterocycles. The highest BCUT2D eigenvalue weighted by atomic mass is 32.1. The van der Waals surface area contributed by atoms with Gasteiger partial charge in [0, 0.05) is 23.8 Å². The summed E-state index contributed by atoms with van der Waals surface area (Å²) in [5, 5.41) is 4.28. The second-order valence-electron chi connectivity index (χ2n) is 6.14. The molecule has 1 saturated carbocycles. The van der Waals surface area contributed by atoms with Gasteiger partial charge in [-0.1, -0.05) is 19.3 Å². The molecule has 118 valence electrons. The smallest absolute Gasteiger partial charge is 0.253 e. The Bertz CT molecular complexity index is 816. The fourth-order valence-electron chi connectivity index (χ4n) is 3.36. The van der Waals surface area contributed by atoms with Crippen LogP contribution in [0.15, 0.2) is 36.1 Å². The van der Waals surface area contributed by atoms with Gasteiger partial charge in [-0.15, -0.1) is 11.3 Å². The lowest BCUT2D eigenvalue weighted by Gasteiger charge is -2.23. The second kappa shape index (κ2) is 6.16. The summed E-state index contributed by atoms with van der Waals surface area (Å²) in [6, 6.07) is 6.41. The van der Waals surface area contributed by atoms with Crippen molar-refractivity contribution >= 4 is 28.1 Å². The first-order valence-corrected chi connectivity index (χ1v) is 9.00. The fraction of sp³-hybridized carbons (Fsp3) is 0.333. The number of thiazole rings is 1. The highest BCUT2D eigenvalue weighted by Gasteiger charge is 2.19. The minimum atomic E-state index is 0.0238. The summed E-state index contributed by atoms with van der Waals surface area (Å²) >= 11 is 1.59. The number of H-pyrrole nitrogens is 1. The van der Waals surface area contributed by atoms with Gasteiger partial charge in [-0.2, -0.15) is 0 Å². The summed E-state index contributed by atoms with van der Waals surface area (Å²) in [6.45, 7) is 0. The summed E-state index contributed by atoms with van der Waals surface area (Å²) in [7, 11) is 0. The highest BCUT2D eigenvalue weighted by Crippen LogP contribution is 2.29. The van der Waals surface area contributed by atoms with Crippen molar-refractivity contribution in [2.24, 2.45) is 0 Å². The van der Waals surface area contributed by atoms with E-state index in [0.717, 1.165) is 39.7 Å². The van der Waals surface area contributed by atoms with Crippen LogP contribution < -0.4 is 5.32 Å². The Kier molecular flexibility index (Phi) is 3.87. The third-order valence-corrected chi connectivity index (χ3v) is 5.38. The molecule has 2 N–H and O–H groups in total. The fourth-order valence-corrected chi connectivity index (χ4v) is 3.97. The van der Waals surface area contributed by atoms with Gasteiger partial charge in [-0.3, -0.25) is 9.78 Å². The molecule has 0 unspecified atom stereocenters. The maximum Gasteiger partial charge on any atom is 0.253 e. The molecule has 0 radical (unpaired) electrons. The van der Waals surface area contributed by atoms with Crippen LogP contribution in [-0.2, 0) is 0 Å². The number of hydrogen-bond donors (Lipinski definition) is 2. The number of carbonyl (C=O) groups excluding carboxylic acids is 1. The molecule has 0 spiro atoms. The Labute approximate surface area is 138 Å². The molecule has 4 nitrogen and oxygen atoms in total. The zero-order valence-electron chi connectivity index (χ0n) is 12.8. The van der Waals surface area contributed by atoms with Gasteiger partial charge in [0.2, 0.25) is 0 Å². The van der Waals surface area contributed by atoms with Gasteiger partial charge >= 0.3 is 0 Å². The Hall–Kier alpha value is -2.14. The molecule has 0 saturated heterocycles. The van der Waals surface area contributed by atoms with E-state index >= 15 is 0 Å². The van der Waals surface area contributed by atoms with E-state index in [4.69, 9.17) is 0 Å². The molecule has 1 aromatic carbocycles. The lowest BCUT2D eigenvalue weighted by molar-refractivity contribution is 0.0929. The minimum absolute atomic E-state index is 0.0238. The Morgan fingerprint density at radius 2 is 2.13 bits per heavy atom. The van der Waals surface area contributed by atoms with Crippen LogP contribution >= 0.6 is 11.3 Å². The lowest BCUT2D eigenvalue weighted by Crippen LogP contribution is -2.36. The van der Waals surface area contributed by atoms with E-state index in [0.29, 0.717) is 6.04 Å². The number of nitrogens with zero attached hydrogens (tertiary/aromatic N) is 1. The molecular weight excluding hydrogens is 306 g/mol.